The predicted molar refractivity (Wildman–Crippen MR) is 51.8 cm³/mol. The zero-order valence-corrected chi connectivity index (χ0v) is 8.63. The summed E-state index contributed by atoms with van der Waals surface area (Å²) < 4.78 is 4.93. The van der Waals surface area contributed by atoms with E-state index in [9.17, 15) is 4.79 Å². The quantitative estimate of drug-likeness (QED) is 0.737. The second kappa shape index (κ2) is 3.79. The molecule has 0 fully saturated rings. The molecule has 1 heterocycles. The first-order valence-electron chi connectivity index (χ1n) is 4.39. The van der Waals surface area contributed by atoms with Gasteiger partial charge in [-0.25, -0.2) is 4.98 Å². The molecular formula is C9H15N3O2. The van der Waals surface area contributed by atoms with E-state index in [-0.39, 0.29) is 5.91 Å². The van der Waals surface area contributed by atoms with Gasteiger partial charge < -0.3 is 15.5 Å². The fraction of sp³-hybridized carbons (Fsp3) is 0.556. The second-order valence-corrected chi connectivity index (χ2v) is 3.80. The van der Waals surface area contributed by atoms with Gasteiger partial charge in [0, 0.05) is 12.1 Å². The molecule has 0 radical (unpaired) electrons. The van der Waals surface area contributed by atoms with Crippen molar-refractivity contribution in [3.05, 3.63) is 17.8 Å². The summed E-state index contributed by atoms with van der Waals surface area (Å²) >= 11 is 0. The molecule has 78 valence electrons. The highest BCUT2D eigenvalue weighted by molar-refractivity contribution is 5.93. The molecule has 1 aromatic rings. The lowest BCUT2D eigenvalue weighted by Gasteiger charge is -2.23. The van der Waals surface area contributed by atoms with E-state index in [0.717, 1.165) is 0 Å². The Balaban J connectivity index is 2.73. The second-order valence-electron chi connectivity index (χ2n) is 3.80. The molecule has 0 atom stereocenters. The molecule has 0 aliphatic carbocycles. The molecule has 0 saturated heterocycles. The van der Waals surface area contributed by atoms with Crippen molar-refractivity contribution in [3.8, 4) is 0 Å². The third-order valence-electron chi connectivity index (χ3n) is 1.92. The Morgan fingerprint density at radius 1 is 1.71 bits per heavy atom. The van der Waals surface area contributed by atoms with Crippen molar-refractivity contribution < 1.29 is 9.21 Å². The highest BCUT2D eigenvalue weighted by Crippen LogP contribution is 2.07. The van der Waals surface area contributed by atoms with Crippen molar-refractivity contribution in [3.63, 3.8) is 0 Å². The Labute approximate surface area is 82.7 Å². The largest absolute Gasteiger partial charge is 0.448 e. The molecule has 1 aromatic heterocycles. The van der Waals surface area contributed by atoms with Gasteiger partial charge in [0.2, 0.25) is 0 Å². The maximum Gasteiger partial charge on any atom is 0.273 e. The van der Waals surface area contributed by atoms with E-state index >= 15 is 0 Å². The predicted octanol–water partition coefficient (Wildman–Crippen LogP) is 0.450. The molecule has 0 unspecified atom stereocenters. The summed E-state index contributed by atoms with van der Waals surface area (Å²) in [6, 6.07) is 0. The van der Waals surface area contributed by atoms with Crippen molar-refractivity contribution in [1.82, 2.24) is 10.3 Å². The fourth-order valence-electron chi connectivity index (χ4n) is 0.941. The zero-order valence-electron chi connectivity index (χ0n) is 8.63. The maximum atomic E-state index is 11.6. The van der Waals surface area contributed by atoms with Crippen LogP contribution in [0.2, 0.25) is 0 Å². The van der Waals surface area contributed by atoms with E-state index in [1.54, 1.807) is 6.92 Å². The van der Waals surface area contributed by atoms with Crippen LogP contribution in [0.25, 0.3) is 0 Å². The van der Waals surface area contributed by atoms with Crippen molar-refractivity contribution in [2.24, 2.45) is 5.73 Å². The molecule has 5 heteroatoms. The van der Waals surface area contributed by atoms with Gasteiger partial charge >= 0.3 is 0 Å². The summed E-state index contributed by atoms with van der Waals surface area (Å²) in [4.78, 5) is 15.4. The first-order valence-corrected chi connectivity index (χ1v) is 4.39. The lowest BCUT2D eigenvalue weighted by atomic mass is 10.1. The van der Waals surface area contributed by atoms with E-state index in [1.165, 1.54) is 6.39 Å². The van der Waals surface area contributed by atoms with E-state index in [1.807, 2.05) is 13.8 Å². The molecule has 0 aromatic carbocycles. The molecule has 5 nitrogen and oxygen atoms in total. The van der Waals surface area contributed by atoms with Gasteiger partial charge in [-0.2, -0.15) is 0 Å². The van der Waals surface area contributed by atoms with Crippen LogP contribution in [0.15, 0.2) is 10.8 Å². The number of amides is 1. The van der Waals surface area contributed by atoms with E-state index < -0.39 is 5.54 Å². The van der Waals surface area contributed by atoms with E-state index in [2.05, 4.69) is 10.3 Å². The van der Waals surface area contributed by atoms with E-state index in [0.29, 0.717) is 18.0 Å². The first kappa shape index (κ1) is 10.7. The number of aryl methyl sites for hydroxylation is 1. The van der Waals surface area contributed by atoms with Gasteiger partial charge in [-0.15, -0.1) is 0 Å². The lowest BCUT2D eigenvalue weighted by Crippen LogP contribution is -2.49. The van der Waals surface area contributed by atoms with Gasteiger partial charge in [0.1, 0.15) is 5.76 Å². The number of nitrogens with one attached hydrogen (secondary N) is 1. The number of hydrogen-bond acceptors (Lipinski definition) is 4. The molecule has 0 aliphatic rings. The fourth-order valence-corrected chi connectivity index (χ4v) is 0.941. The Bertz CT molecular complexity index is 331. The molecular weight excluding hydrogens is 182 g/mol. The summed E-state index contributed by atoms with van der Waals surface area (Å²) in [5, 5.41) is 2.76. The standard InChI is InChI=1S/C9H15N3O2/c1-6-7(11-5-14-6)8(13)12-9(2,3)4-10/h5H,4,10H2,1-3H3,(H,12,13). The van der Waals surface area contributed by atoms with Crippen LogP contribution < -0.4 is 11.1 Å². The molecule has 1 amide bonds. The summed E-state index contributed by atoms with van der Waals surface area (Å²) in [7, 11) is 0. The van der Waals surface area contributed by atoms with Crippen LogP contribution in [0, 0.1) is 6.92 Å². The highest BCUT2D eigenvalue weighted by Gasteiger charge is 2.22. The molecule has 0 spiro atoms. The number of nitrogens with zero attached hydrogens (tertiary/aromatic N) is 1. The Morgan fingerprint density at radius 3 is 2.79 bits per heavy atom. The third-order valence-corrected chi connectivity index (χ3v) is 1.92. The minimum absolute atomic E-state index is 0.258. The Hall–Kier alpha value is -1.36. The summed E-state index contributed by atoms with van der Waals surface area (Å²) in [5.41, 5.74) is 5.37. The molecule has 3 N–H and O–H groups in total. The maximum absolute atomic E-state index is 11.6. The Morgan fingerprint density at radius 2 is 2.36 bits per heavy atom. The molecule has 0 bridgehead atoms. The minimum Gasteiger partial charge on any atom is -0.448 e. The van der Waals surface area contributed by atoms with E-state index in [4.69, 9.17) is 10.2 Å². The van der Waals surface area contributed by atoms with Crippen LogP contribution in [0.3, 0.4) is 0 Å². The van der Waals surface area contributed by atoms with Crippen molar-refractivity contribution in [2.45, 2.75) is 26.3 Å². The average Bonchev–Trinajstić information content (AvgIpc) is 2.51. The SMILES string of the molecule is Cc1ocnc1C(=O)NC(C)(C)CN. The minimum atomic E-state index is -0.428. The van der Waals surface area contributed by atoms with Crippen LogP contribution >= 0.6 is 0 Å². The number of rotatable bonds is 3. The number of oxazole rings is 1. The third kappa shape index (κ3) is 2.32. The van der Waals surface area contributed by atoms with Crippen LogP contribution in [0.4, 0.5) is 0 Å². The smallest absolute Gasteiger partial charge is 0.273 e. The summed E-state index contributed by atoms with van der Waals surface area (Å²) in [6.07, 6.45) is 1.25. The average molecular weight is 197 g/mol. The van der Waals surface area contributed by atoms with Crippen molar-refractivity contribution in [2.75, 3.05) is 6.54 Å². The summed E-state index contributed by atoms with van der Waals surface area (Å²) in [6.45, 7) is 5.76. The number of carbonyl (C=O) groups is 1. The molecule has 14 heavy (non-hydrogen) atoms. The van der Waals surface area contributed by atoms with Gasteiger partial charge in [0.25, 0.3) is 5.91 Å². The van der Waals surface area contributed by atoms with Crippen LogP contribution in [-0.2, 0) is 0 Å². The van der Waals surface area contributed by atoms with Gasteiger partial charge in [0.15, 0.2) is 12.1 Å². The van der Waals surface area contributed by atoms with Crippen molar-refractivity contribution in [1.29, 1.82) is 0 Å². The van der Waals surface area contributed by atoms with Crippen LogP contribution in [0.1, 0.15) is 30.1 Å². The monoisotopic (exact) mass is 197 g/mol. The molecule has 0 aliphatic heterocycles. The zero-order chi connectivity index (χ0) is 10.8. The van der Waals surface area contributed by atoms with Crippen molar-refractivity contribution >= 4 is 5.91 Å². The van der Waals surface area contributed by atoms with Crippen LogP contribution in [-0.4, -0.2) is 23.0 Å². The normalized spacial score (nSPS) is 11.4. The van der Waals surface area contributed by atoms with Gasteiger partial charge in [-0.1, -0.05) is 0 Å². The highest BCUT2D eigenvalue weighted by atomic mass is 16.3. The number of nitrogens with two attached hydrogens (primary N) is 1. The first-order chi connectivity index (χ1) is 6.46. The molecule has 0 saturated carbocycles. The van der Waals surface area contributed by atoms with Crippen LogP contribution in [0.5, 0.6) is 0 Å². The number of carbonyl (C=O) groups excluding carboxylic acids is 1. The van der Waals surface area contributed by atoms with Gasteiger partial charge in [-0.05, 0) is 20.8 Å². The number of aromatic nitrogens is 1. The van der Waals surface area contributed by atoms with Gasteiger partial charge in [0.05, 0.1) is 0 Å². The topological polar surface area (TPSA) is 81.2 Å². The number of hydrogen-bond donors (Lipinski definition) is 2. The Kier molecular flexibility index (Phi) is 2.90. The lowest BCUT2D eigenvalue weighted by molar-refractivity contribution is 0.0909. The summed E-state index contributed by atoms with van der Waals surface area (Å²) in [5.74, 6) is 0.252. The van der Waals surface area contributed by atoms with Gasteiger partial charge in [-0.3, -0.25) is 4.79 Å². The molecule has 1 rings (SSSR count).